The highest BCUT2D eigenvalue weighted by Crippen LogP contribution is 2.44. The third-order valence-corrected chi connectivity index (χ3v) is 5.17. The molecular weight excluding hydrogens is 250 g/mol. The molecule has 4 heteroatoms. The third-order valence-electron chi connectivity index (χ3n) is 5.17. The minimum absolute atomic E-state index is 0.0120. The van der Waals surface area contributed by atoms with Crippen LogP contribution in [0.1, 0.15) is 31.2 Å². The summed E-state index contributed by atoms with van der Waals surface area (Å²) in [5.41, 5.74) is 1.46. The number of benzene rings is 1. The lowest BCUT2D eigenvalue weighted by Gasteiger charge is -2.48. The maximum Gasteiger partial charge on any atom is 0.315 e. The zero-order valence-electron chi connectivity index (χ0n) is 12.3. The Kier molecular flexibility index (Phi) is 3.21. The molecule has 4 nitrogen and oxygen atoms in total. The number of amides is 2. The molecule has 1 aliphatic heterocycles. The summed E-state index contributed by atoms with van der Waals surface area (Å²) < 4.78 is 0. The molecule has 1 aromatic carbocycles. The van der Waals surface area contributed by atoms with Crippen molar-refractivity contribution in [3.05, 3.63) is 35.9 Å². The van der Waals surface area contributed by atoms with Gasteiger partial charge in [-0.15, -0.1) is 0 Å². The van der Waals surface area contributed by atoms with Gasteiger partial charge in [-0.1, -0.05) is 30.3 Å². The summed E-state index contributed by atoms with van der Waals surface area (Å²) in [4.78, 5) is 13.8. The predicted molar refractivity (Wildman–Crippen MR) is 79.5 cm³/mol. The molecule has 2 aliphatic rings. The van der Waals surface area contributed by atoms with E-state index >= 15 is 0 Å². The van der Waals surface area contributed by atoms with Crippen LogP contribution in [0.15, 0.2) is 30.3 Å². The first-order valence-corrected chi connectivity index (χ1v) is 7.35. The maximum absolute atomic E-state index is 11.4. The van der Waals surface area contributed by atoms with E-state index < -0.39 is 0 Å². The average Bonchev–Trinajstić information content (AvgIpc) is 2.82. The van der Waals surface area contributed by atoms with E-state index in [0.29, 0.717) is 0 Å². The molecule has 1 saturated carbocycles. The first-order chi connectivity index (χ1) is 9.56. The molecule has 1 spiro atoms. The zero-order chi connectivity index (χ0) is 14.2. The second kappa shape index (κ2) is 4.77. The fourth-order valence-electron chi connectivity index (χ4n) is 3.77. The Labute approximate surface area is 120 Å². The number of hydrogen-bond donors (Lipinski definition) is 2. The molecule has 0 atom stereocenters. The Morgan fingerprint density at radius 3 is 2.20 bits per heavy atom. The quantitative estimate of drug-likeness (QED) is 0.866. The lowest BCUT2D eigenvalue weighted by atomic mass is 9.69. The Hall–Kier alpha value is -1.55. The molecule has 108 valence electrons. The van der Waals surface area contributed by atoms with Crippen LogP contribution in [0.2, 0.25) is 0 Å². The molecule has 0 bridgehead atoms. The van der Waals surface area contributed by atoms with Crippen molar-refractivity contribution in [2.75, 3.05) is 20.6 Å². The molecule has 0 radical (unpaired) electrons. The first-order valence-electron chi connectivity index (χ1n) is 7.35. The van der Waals surface area contributed by atoms with Gasteiger partial charge in [0.15, 0.2) is 0 Å². The van der Waals surface area contributed by atoms with E-state index in [9.17, 15) is 4.79 Å². The predicted octanol–water partition coefficient (Wildman–Crippen LogP) is 2.07. The summed E-state index contributed by atoms with van der Waals surface area (Å²) in [5, 5.41) is 6.04. The summed E-state index contributed by atoms with van der Waals surface area (Å²) in [5.74, 6) is 0. The van der Waals surface area contributed by atoms with E-state index in [2.05, 4.69) is 60.0 Å². The van der Waals surface area contributed by atoms with E-state index in [-0.39, 0.29) is 17.1 Å². The second-order valence-corrected chi connectivity index (χ2v) is 6.38. The van der Waals surface area contributed by atoms with Crippen molar-refractivity contribution in [2.24, 2.45) is 0 Å². The van der Waals surface area contributed by atoms with Gasteiger partial charge in [0.1, 0.15) is 0 Å². The lowest BCUT2D eigenvalue weighted by Crippen LogP contribution is -2.53. The van der Waals surface area contributed by atoms with Crippen LogP contribution in [-0.4, -0.2) is 37.1 Å². The van der Waals surface area contributed by atoms with Crippen molar-refractivity contribution in [1.29, 1.82) is 0 Å². The topological polar surface area (TPSA) is 44.4 Å². The van der Waals surface area contributed by atoms with Crippen LogP contribution >= 0.6 is 0 Å². The van der Waals surface area contributed by atoms with E-state index in [1.165, 1.54) is 5.56 Å². The zero-order valence-corrected chi connectivity index (χ0v) is 12.3. The lowest BCUT2D eigenvalue weighted by molar-refractivity contribution is 0.0653. The minimum atomic E-state index is -0.0224. The fourth-order valence-corrected chi connectivity index (χ4v) is 3.77. The van der Waals surface area contributed by atoms with Gasteiger partial charge in [0.05, 0.1) is 5.54 Å². The Bertz CT molecular complexity index is 490. The molecule has 20 heavy (non-hydrogen) atoms. The van der Waals surface area contributed by atoms with Gasteiger partial charge >= 0.3 is 6.03 Å². The highest BCUT2D eigenvalue weighted by atomic mass is 16.2. The molecular formula is C16H23N3O. The van der Waals surface area contributed by atoms with Gasteiger partial charge in [0.25, 0.3) is 0 Å². The highest BCUT2D eigenvalue weighted by molar-refractivity contribution is 5.77. The van der Waals surface area contributed by atoms with Crippen LogP contribution in [-0.2, 0) is 5.54 Å². The van der Waals surface area contributed by atoms with E-state index in [4.69, 9.17) is 0 Å². The van der Waals surface area contributed by atoms with Gasteiger partial charge in [-0.2, -0.15) is 0 Å². The van der Waals surface area contributed by atoms with Crippen LogP contribution in [0, 0.1) is 0 Å². The van der Waals surface area contributed by atoms with Gasteiger partial charge < -0.3 is 10.6 Å². The second-order valence-electron chi connectivity index (χ2n) is 6.38. The van der Waals surface area contributed by atoms with E-state index in [1.807, 2.05) is 0 Å². The number of rotatable bonds is 2. The number of hydrogen-bond acceptors (Lipinski definition) is 2. The Morgan fingerprint density at radius 2 is 1.70 bits per heavy atom. The van der Waals surface area contributed by atoms with Gasteiger partial charge in [0, 0.05) is 12.1 Å². The van der Waals surface area contributed by atoms with Crippen molar-refractivity contribution < 1.29 is 4.79 Å². The summed E-state index contributed by atoms with van der Waals surface area (Å²) in [6.07, 6.45) is 4.20. The number of nitrogens with one attached hydrogen (secondary N) is 2. The van der Waals surface area contributed by atoms with Crippen LogP contribution in [0.4, 0.5) is 4.79 Å². The summed E-state index contributed by atoms with van der Waals surface area (Å²) in [7, 11) is 4.33. The molecule has 2 amide bonds. The summed E-state index contributed by atoms with van der Waals surface area (Å²) in [6.45, 7) is 0.768. The smallest absolute Gasteiger partial charge is 0.315 e. The largest absolute Gasteiger partial charge is 0.336 e. The third kappa shape index (κ3) is 2.08. The maximum atomic E-state index is 11.4. The normalized spacial score (nSPS) is 33.2. The van der Waals surface area contributed by atoms with Gasteiger partial charge in [0.2, 0.25) is 0 Å². The van der Waals surface area contributed by atoms with E-state index in [1.54, 1.807) is 0 Å². The number of carbonyl (C=O) groups excluding carboxylic acids is 1. The summed E-state index contributed by atoms with van der Waals surface area (Å²) in [6, 6.07) is 10.7. The molecule has 2 N–H and O–H groups in total. The minimum Gasteiger partial charge on any atom is -0.336 e. The van der Waals surface area contributed by atoms with Gasteiger partial charge in [-0.25, -0.2) is 4.79 Å². The summed E-state index contributed by atoms with van der Waals surface area (Å²) >= 11 is 0. The van der Waals surface area contributed by atoms with Crippen molar-refractivity contribution in [3.63, 3.8) is 0 Å². The fraction of sp³-hybridized carbons (Fsp3) is 0.562. The van der Waals surface area contributed by atoms with Gasteiger partial charge in [-0.05, 0) is 45.3 Å². The molecule has 0 unspecified atom stereocenters. The molecule has 1 aromatic rings. The van der Waals surface area contributed by atoms with Gasteiger partial charge in [-0.3, -0.25) is 4.90 Å². The molecule has 1 aliphatic carbocycles. The van der Waals surface area contributed by atoms with Crippen molar-refractivity contribution in [3.8, 4) is 0 Å². The number of urea groups is 1. The van der Waals surface area contributed by atoms with Crippen LogP contribution in [0.3, 0.4) is 0 Å². The van der Waals surface area contributed by atoms with Crippen LogP contribution in [0.5, 0.6) is 0 Å². The first kappa shape index (κ1) is 13.4. The highest BCUT2D eigenvalue weighted by Gasteiger charge is 2.47. The molecule has 0 aromatic heterocycles. The van der Waals surface area contributed by atoms with Crippen molar-refractivity contribution in [1.82, 2.24) is 15.5 Å². The Balaban J connectivity index is 1.84. The standard InChI is InChI=1S/C16H23N3O/c1-19(2)16(13-6-4-3-5-7-13)10-8-15(9-11-16)12-17-14(20)18-15/h3-7H,8-12H2,1-2H3,(H2,17,18,20)/t15-,16+. The average molecular weight is 273 g/mol. The number of nitrogens with zero attached hydrogens (tertiary/aromatic N) is 1. The molecule has 2 fully saturated rings. The SMILES string of the molecule is CN(C)[C@]1(c2ccccc2)CC[C@]2(CC1)CNC(=O)N2. The van der Waals surface area contributed by atoms with Crippen LogP contribution in [0.25, 0.3) is 0 Å². The molecule has 1 saturated heterocycles. The number of carbonyl (C=O) groups is 1. The Morgan fingerprint density at radius 1 is 1.05 bits per heavy atom. The monoisotopic (exact) mass is 273 g/mol. The molecule has 3 rings (SSSR count). The van der Waals surface area contributed by atoms with Crippen LogP contribution < -0.4 is 10.6 Å². The molecule has 1 heterocycles. The van der Waals surface area contributed by atoms with Crippen molar-refractivity contribution in [2.45, 2.75) is 36.8 Å². The van der Waals surface area contributed by atoms with E-state index in [0.717, 1.165) is 32.2 Å². The van der Waals surface area contributed by atoms with Crippen molar-refractivity contribution >= 4 is 6.03 Å².